The summed E-state index contributed by atoms with van der Waals surface area (Å²) in [5.41, 5.74) is 2.43. The van der Waals surface area contributed by atoms with E-state index in [0.717, 1.165) is 24.0 Å². The molecular weight excluding hydrogens is 268 g/mol. The minimum absolute atomic E-state index is 0.635. The molecule has 112 valence electrons. The van der Waals surface area contributed by atoms with Gasteiger partial charge in [0.1, 0.15) is 0 Å². The van der Waals surface area contributed by atoms with Gasteiger partial charge in [-0.25, -0.2) is 0 Å². The van der Waals surface area contributed by atoms with Crippen molar-refractivity contribution in [3.8, 4) is 0 Å². The van der Waals surface area contributed by atoms with Gasteiger partial charge in [-0.1, -0.05) is 44.4 Å². The lowest BCUT2D eigenvalue weighted by atomic mass is 9.86. The molecular formula is C17H27ClN2. The minimum Gasteiger partial charge on any atom is -0.370 e. The molecule has 2 unspecified atom stereocenters. The standard InChI is InChI=1S/C17H27ClN2/c1-4-19-12-14-8-9-17(16(18)11-14)20(3)15-7-5-6-13(2)10-15/h8-9,11,13,15,19H,4-7,10,12H2,1-3H3. The summed E-state index contributed by atoms with van der Waals surface area (Å²) < 4.78 is 0. The van der Waals surface area contributed by atoms with E-state index < -0.39 is 0 Å². The summed E-state index contributed by atoms with van der Waals surface area (Å²) in [6.07, 6.45) is 5.29. The molecule has 1 aliphatic rings. The Labute approximate surface area is 128 Å². The molecule has 20 heavy (non-hydrogen) atoms. The zero-order valence-electron chi connectivity index (χ0n) is 13.0. The molecule has 0 radical (unpaired) electrons. The molecule has 0 spiro atoms. The van der Waals surface area contributed by atoms with Crippen molar-refractivity contribution in [2.45, 2.75) is 52.1 Å². The lowest BCUT2D eigenvalue weighted by Crippen LogP contribution is -2.35. The Morgan fingerprint density at radius 2 is 2.15 bits per heavy atom. The molecule has 2 nitrogen and oxygen atoms in total. The first kappa shape index (κ1) is 15.7. The fourth-order valence-corrected chi connectivity index (χ4v) is 3.50. The third-order valence-corrected chi connectivity index (χ3v) is 4.73. The number of hydrogen-bond acceptors (Lipinski definition) is 2. The van der Waals surface area contributed by atoms with Gasteiger partial charge in [0.2, 0.25) is 0 Å². The average Bonchev–Trinajstić information content (AvgIpc) is 2.44. The van der Waals surface area contributed by atoms with E-state index in [1.807, 2.05) is 0 Å². The molecule has 0 heterocycles. The van der Waals surface area contributed by atoms with Crippen LogP contribution in [0.4, 0.5) is 5.69 Å². The van der Waals surface area contributed by atoms with Crippen molar-refractivity contribution in [3.63, 3.8) is 0 Å². The maximum atomic E-state index is 6.49. The fourth-order valence-electron chi connectivity index (χ4n) is 3.17. The molecule has 2 atom stereocenters. The van der Waals surface area contributed by atoms with Crippen LogP contribution in [-0.2, 0) is 6.54 Å². The Kier molecular flexibility index (Phi) is 5.74. The van der Waals surface area contributed by atoms with E-state index in [-0.39, 0.29) is 0 Å². The fraction of sp³-hybridized carbons (Fsp3) is 0.647. The largest absolute Gasteiger partial charge is 0.370 e. The molecule has 0 bridgehead atoms. The number of rotatable bonds is 5. The van der Waals surface area contributed by atoms with Crippen molar-refractivity contribution in [2.75, 3.05) is 18.5 Å². The zero-order valence-corrected chi connectivity index (χ0v) is 13.7. The van der Waals surface area contributed by atoms with E-state index in [1.165, 1.54) is 36.9 Å². The highest BCUT2D eigenvalue weighted by molar-refractivity contribution is 6.33. The van der Waals surface area contributed by atoms with Crippen molar-refractivity contribution in [1.29, 1.82) is 0 Å². The number of hydrogen-bond donors (Lipinski definition) is 1. The van der Waals surface area contributed by atoms with Crippen LogP contribution in [0.5, 0.6) is 0 Å². The van der Waals surface area contributed by atoms with Gasteiger partial charge in [-0.05, 0) is 43.0 Å². The normalized spacial score (nSPS) is 22.8. The number of benzene rings is 1. The van der Waals surface area contributed by atoms with Gasteiger partial charge in [-0.3, -0.25) is 0 Å². The van der Waals surface area contributed by atoms with Gasteiger partial charge in [0.05, 0.1) is 10.7 Å². The maximum Gasteiger partial charge on any atom is 0.0642 e. The van der Waals surface area contributed by atoms with E-state index in [0.29, 0.717) is 6.04 Å². The van der Waals surface area contributed by atoms with Crippen molar-refractivity contribution < 1.29 is 0 Å². The van der Waals surface area contributed by atoms with Crippen molar-refractivity contribution in [1.82, 2.24) is 5.32 Å². The molecule has 1 aromatic rings. The van der Waals surface area contributed by atoms with Crippen molar-refractivity contribution in [3.05, 3.63) is 28.8 Å². The first-order valence-electron chi connectivity index (χ1n) is 7.83. The molecule has 0 aromatic heterocycles. The summed E-state index contributed by atoms with van der Waals surface area (Å²) in [4.78, 5) is 2.38. The maximum absolute atomic E-state index is 6.49. The van der Waals surface area contributed by atoms with Gasteiger partial charge in [-0.15, -0.1) is 0 Å². The quantitative estimate of drug-likeness (QED) is 0.862. The number of nitrogens with one attached hydrogen (secondary N) is 1. The molecule has 0 saturated heterocycles. The lowest BCUT2D eigenvalue weighted by Gasteiger charge is -2.36. The highest BCUT2D eigenvalue weighted by Gasteiger charge is 2.23. The molecule has 2 rings (SSSR count). The van der Waals surface area contributed by atoms with Crippen LogP contribution in [0.1, 0.15) is 45.1 Å². The summed E-state index contributed by atoms with van der Waals surface area (Å²) in [6.45, 7) is 6.36. The summed E-state index contributed by atoms with van der Waals surface area (Å²) >= 11 is 6.49. The van der Waals surface area contributed by atoms with Crippen LogP contribution >= 0.6 is 11.6 Å². The Hall–Kier alpha value is -0.730. The number of nitrogens with zero attached hydrogens (tertiary/aromatic N) is 1. The van der Waals surface area contributed by atoms with Crippen LogP contribution in [0, 0.1) is 5.92 Å². The molecule has 1 aromatic carbocycles. The second kappa shape index (κ2) is 7.33. The third-order valence-electron chi connectivity index (χ3n) is 4.43. The van der Waals surface area contributed by atoms with E-state index in [2.05, 4.69) is 49.3 Å². The SMILES string of the molecule is CCNCc1ccc(N(C)C2CCCC(C)C2)c(Cl)c1. The van der Waals surface area contributed by atoms with Crippen LogP contribution in [0.3, 0.4) is 0 Å². The predicted octanol–water partition coefficient (Wildman–Crippen LogP) is 4.46. The number of anilines is 1. The average molecular weight is 295 g/mol. The van der Waals surface area contributed by atoms with Crippen LogP contribution < -0.4 is 10.2 Å². The molecule has 3 heteroatoms. The first-order valence-corrected chi connectivity index (χ1v) is 8.21. The zero-order chi connectivity index (χ0) is 14.5. The monoisotopic (exact) mass is 294 g/mol. The van der Waals surface area contributed by atoms with Gasteiger partial charge in [0.25, 0.3) is 0 Å². The van der Waals surface area contributed by atoms with E-state index >= 15 is 0 Å². The predicted molar refractivity (Wildman–Crippen MR) is 88.7 cm³/mol. The molecule has 1 N–H and O–H groups in total. The van der Waals surface area contributed by atoms with Crippen LogP contribution in [-0.4, -0.2) is 19.6 Å². The van der Waals surface area contributed by atoms with E-state index in [4.69, 9.17) is 11.6 Å². The second-order valence-electron chi connectivity index (χ2n) is 6.10. The third kappa shape index (κ3) is 3.89. The molecule has 1 saturated carbocycles. The Morgan fingerprint density at radius 3 is 2.80 bits per heavy atom. The van der Waals surface area contributed by atoms with Crippen LogP contribution in [0.25, 0.3) is 0 Å². The summed E-state index contributed by atoms with van der Waals surface area (Å²) in [7, 11) is 2.19. The van der Waals surface area contributed by atoms with Gasteiger partial charge in [-0.2, -0.15) is 0 Å². The topological polar surface area (TPSA) is 15.3 Å². The Balaban J connectivity index is 2.07. The van der Waals surface area contributed by atoms with Gasteiger partial charge in [0.15, 0.2) is 0 Å². The summed E-state index contributed by atoms with van der Waals surface area (Å²) in [6, 6.07) is 7.10. The summed E-state index contributed by atoms with van der Waals surface area (Å²) in [5.74, 6) is 0.836. The summed E-state index contributed by atoms with van der Waals surface area (Å²) in [5, 5.41) is 4.21. The number of halogens is 1. The molecule has 0 aliphatic heterocycles. The van der Waals surface area contributed by atoms with Gasteiger partial charge < -0.3 is 10.2 Å². The van der Waals surface area contributed by atoms with E-state index in [9.17, 15) is 0 Å². The van der Waals surface area contributed by atoms with Crippen LogP contribution in [0.15, 0.2) is 18.2 Å². The smallest absolute Gasteiger partial charge is 0.0642 e. The molecule has 0 amide bonds. The lowest BCUT2D eigenvalue weighted by molar-refractivity contribution is 0.336. The Morgan fingerprint density at radius 1 is 1.35 bits per heavy atom. The van der Waals surface area contributed by atoms with E-state index in [1.54, 1.807) is 0 Å². The molecule has 1 aliphatic carbocycles. The second-order valence-corrected chi connectivity index (χ2v) is 6.51. The van der Waals surface area contributed by atoms with Gasteiger partial charge >= 0.3 is 0 Å². The van der Waals surface area contributed by atoms with Crippen molar-refractivity contribution in [2.24, 2.45) is 5.92 Å². The highest BCUT2D eigenvalue weighted by atomic mass is 35.5. The highest BCUT2D eigenvalue weighted by Crippen LogP contribution is 2.33. The van der Waals surface area contributed by atoms with Crippen molar-refractivity contribution >= 4 is 17.3 Å². The Bertz CT molecular complexity index is 433. The molecule has 1 fully saturated rings. The van der Waals surface area contributed by atoms with Gasteiger partial charge in [0, 0.05) is 19.6 Å². The van der Waals surface area contributed by atoms with Crippen LogP contribution in [0.2, 0.25) is 5.02 Å². The minimum atomic E-state index is 0.635. The first-order chi connectivity index (χ1) is 9.61.